The lowest BCUT2D eigenvalue weighted by atomic mass is 10.1. The Morgan fingerprint density at radius 1 is 1.15 bits per heavy atom. The van der Waals surface area contributed by atoms with Crippen molar-refractivity contribution < 1.29 is 14.3 Å². The summed E-state index contributed by atoms with van der Waals surface area (Å²) in [6.45, 7) is 2.40. The predicted molar refractivity (Wildman–Crippen MR) is 99.3 cm³/mol. The summed E-state index contributed by atoms with van der Waals surface area (Å²) in [5.74, 6) is 1.52. The second-order valence-corrected chi connectivity index (χ2v) is 6.51. The van der Waals surface area contributed by atoms with E-state index in [2.05, 4.69) is 27.8 Å². The number of nitrogens with one attached hydrogen (secondary N) is 2. The third-order valence-corrected chi connectivity index (χ3v) is 4.69. The molecule has 0 aromatic heterocycles. The van der Waals surface area contributed by atoms with Crippen LogP contribution in [0, 0.1) is 0 Å². The topological polar surface area (TPSA) is 83.0 Å². The van der Waals surface area contributed by atoms with Crippen molar-refractivity contribution in [1.82, 2.24) is 15.5 Å². The second-order valence-electron chi connectivity index (χ2n) is 6.51. The molecule has 1 saturated heterocycles. The van der Waals surface area contributed by atoms with E-state index >= 15 is 0 Å². The Kier molecular flexibility index (Phi) is 6.09. The van der Waals surface area contributed by atoms with Crippen molar-refractivity contribution in [2.75, 3.05) is 33.3 Å². The van der Waals surface area contributed by atoms with Crippen molar-refractivity contribution in [2.45, 2.75) is 32.1 Å². The predicted octanol–water partition coefficient (Wildman–Crippen LogP) is 0.868. The third kappa shape index (κ3) is 4.53. The van der Waals surface area contributed by atoms with Gasteiger partial charge in [-0.15, -0.1) is 0 Å². The van der Waals surface area contributed by atoms with Gasteiger partial charge in [-0.2, -0.15) is 0 Å². The van der Waals surface area contributed by atoms with Gasteiger partial charge in [0.1, 0.15) is 5.75 Å². The second kappa shape index (κ2) is 8.69. The lowest BCUT2D eigenvalue weighted by Gasteiger charge is -2.25. The van der Waals surface area contributed by atoms with Crippen molar-refractivity contribution in [3.63, 3.8) is 0 Å². The SMILES string of the molecule is CN=C(NCCc1ccc2c(c1)CCO2)NCCN1C(=O)CCCC1=O. The Bertz CT molecular complexity index is 686. The van der Waals surface area contributed by atoms with Gasteiger partial charge in [-0.3, -0.25) is 19.5 Å². The zero-order chi connectivity index (χ0) is 18.4. The van der Waals surface area contributed by atoms with Crippen molar-refractivity contribution in [1.29, 1.82) is 0 Å². The Morgan fingerprint density at radius 3 is 2.69 bits per heavy atom. The van der Waals surface area contributed by atoms with Gasteiger partial charge in [0.2, 0.25) is 11.8 Å². The fourth-order valence-electron chi connectivity index (χ4n) is 3.28. The molecule has 26 heavy (non-hydrogen) atoms. The minimum Gasteiger partial charge on any atom is -0.493 e. The summed E-state index contributed by atoms with van der Waals surface area (Å²) in [7, 11) is 1.71. The Morgan fingerprint density at radius 2 is 1.92 bits per heavy atom. The highest BCUT2D eigenvalue weighted by Crippen LogP contribution is 2.25. The minimum atomic E-state index is -0.0772. The maximum absolute atomic E-state index is 11.8. The first-order valence-electron chi connectivity index (χ1n) is 9.19. The standard InChI is InChI=1S/C19H26N4O3/c1-20-19(22-10-11-23-17(24)3-2-4-18(23)25)21-9-7-14-5-6-16-15(13-14)8-12-26-16/h5-6,13H,2-4,7-12H2,1H3,(H2,20,21,22). The number of aliphatic imine (C=N–C) groups is 1. The molecule has 0 spiro atoms. The number of rotatable bonds is 6. The number of guanidine groups is 1. The van der Waals surface area contributed by atoms with Crippen LogP contribution in [0.4, 0.5) is 0 Å². The van der Waals surface area contributed by atoms with E-state index in [9.17, 15) is 9.59 Å². The lowest BCUT2D eigenvalue weighted by Crippen LogP contribution is -2.46. The summed E-state index contributed by atoms with van der Waals surface area (Å²) in [4.78, 5) is 29.1. The molecule has 0 unspecified atom stereocenters. The number of imide groups is 1. The third-order valence-electron chi connectivity index (χ3n) is 4.69. The number of fused-ring (bicyclic) bond motifs is 1. The van der Waals surface area contributed by atoms with Crippen LogP contribution in [0.25, 0.3) is 0 Å². The molecule has 7 nitrogen and oxygen atoms in total. The molecule has 0 aliphatic carbocycles. The summed E-state index contributed by atoms with van der Waals surface area (Å²) in [5, 5.41) is 6.42. The fraction of sp³-hybridized carbons (Fsp3) is 0.526. The van der Waals surface area contributed by atoms with Gasteiger partial charge in [0.15, 0.2) is 5.96 Å². The molecule has 2 heterocycles. The number of likely N-dealkylation sites (tertiary alicyclic amines) is 1. The van der Waals surface area contributed by atoms with Gasteiger partial charge >= 0.3 is 0 Å². The van der Waals surface area contributed by atoms with Gasteiger partial charge in [-0.1, -0.05) is 12.1 Å². The van der Waals surface area contributed by atoms with E-state index in [0.717, 1.165) is 31.7 Å². The van der Waals surface area contributed by atoms with Crippen LogP contribution < -0.4 is 15.4 Å². The summed E-state index contributed by atoms with van der Waals surface area (Å²) >= 11 is 0. The largest absolute Gasteiger partial charge is 0.493 e. The molecule has 2 amide bonds. The molecule has 2 N–H and O–H groups in total. The van der Waals surface area contributed by atoms with E-state index in [1.807, 2.05) is 6.07 Å². The molecule has 3 rings (SSSR count). The van der Waals surface area contributed by atoms with Crippen LogP contribution in [0.15, 0.2) is 23.2 Å². The fourth-order valence-corrected chi connectivity index (χ4v) is 3.28. The van der Waals surface area contributed by atoms with Gasteiger partial charge in [-0.05, 0) is 30.0 Å². The molecular weight excluding hydrogens is 332 g/mol. The molecule has 0 atom stereocenters. The summed E-state index contributed by atoms with van der Waals surface area (Å²) < 4.78 is 5.53. The van der Waals surface area contributed by atoms with E-state index in [1.165, 1.54) is 16.0 Å². The lowest BCUT2D eigenvalue weighted by molar-refractivity contribution is -0.147. The molecule has 1 aromatic rings. The van der Waals surface area contributed by atoms with Gasteiger partial charge in [0, 0.05) is 45.9 Å². The number of hydrogen-bond acceptors (Lipinski definition) is 4. The monoisotopic (exact) mass is 358 g/mol. The molecule has 1 fully saturated rings. The molecule has 7 heteroatoms. The number of ether oxygens (including phenoxy) is 1. The smallest absolute Gasteiger partial charge is 0.229 e. The van der Waals surface area contributed by atoms with Crippen molar-refractivity contribution in [3.8, 4) is 5.75 Å². The molecule has 2 aliphatic heterocycles. The van der Waals surface area contributed by atoms with Crippen LogP contribution in [0.1, 0.15) is 30.4 Å². The average molecular weight is 358 g/mol. The van der Waals surface area contributed by atoms with E-state index in [4.69, 9.17) is 4.74 Å². The van der Waals surface area contributed by atoms with Crippen LogP contribution >= 0.6 is 0 Å². The minimum absolute atomic E-state index is 0.0772. The normalized spacial score (nSPS) is 17.1. The highest BCUT2D eigenvalue weighted by molar-refractivity contribution is 5.97. The maximum Gasteiger partial charge on any atom is 0.229 e. The van der Waals surface area contributed by atoms with E-state index < -0.39 is 0 Å². The first kappa shape index (κ1) is 18.2. The number of amides is 2. The Hall–Kier alpha value is -2.57. The number of nitrogens with zero attached hydrogens (tertiary/aromatic N) is 2. The molecule has 140 valence electrons. The zero-order valence-electron chi connectivity index (χ0n) is 15.2. The highest BCUT2D eigenvalue weighted by Gasteiger charge is 2.25. The zero-order valence-corrected chi connectivity index (χ0v) is 15.2. The molecule has 1 aromatic carbocycles. The number of benzene rings is 1. The van der Waals surface area contributed by atoms with Gasteiger partial charge in [0.25, 0.3) is 0 Å². The van der Waals surface area contributed by atoms with Crippen molar-refractivity contribution in [3.05, 3.63) is 29.3 Å². The van der Waals surface area contributed by atoms with E-state index in [0.29, 0.717) is 38.3 Å². The molecule has 0 radical (unpaired) electrons. The molecule has 2 aliphatic rings. The average Bonchev–Trinajstić information content (AvgIpc) is 3.10. The summed E-state index contributed by atoms with van der Waals surface area (Å²) in [6, 6.07) is 6.33. The van der Waals surface area contributed by atoms with Gasteiger partial charge in [0.05, 0.1) is 6.61 Å². The van der Waals surface area contributed by atoms with Crippen molar-refractivity contribution >= 4 is 17.8 Å². The Balaban J connectivity index is 1.39. The molecule has 0 saturated carbocycles. The van der Waals surface area contributed by atoms with Crippen LogP contribution in [-0.2, 0) is 22.4 Å². The number of piperidine rings is 1. The summed E-state index contributed by atoms with van der Waals surface area (Å²) in [5.41, 5.74) is 2.54. The Labute approximate surface area is 153 Å². The highest BCUT2D eigenvalue weighted by atomic mass is 16.5. The van der Waals surface area contributed by atoms with E-state index in [-0.39, 0.29) is 11.8 Å². The van der Waals surface area contributed by atoms with E-state index in [1.54, 1.807) is 7.05 Å². The van der Waals surface area contributed by atoms with Crippen LogP contribution in [-0.4, -0.2) is 56.0 Å². The van der Waals surface area contributed by atoms with Crippen LogP contribution in [0.3, 0.4) is 0 Å². The van der Waals surface area contributed by atoms with Gasteiger partial charge < -0.3 is 15.4 Å². The number of carbonyl (C=O) groups is 2. The number of carbonyl (C=O) groups excluding carboxylic acids is 2. The quantitative estimate of drug-likeness (QED) is 0.448. The van der Waals surface area contributed by atoms with Crippen LogP contribution in [0.5, 0.6) is 5.75 Å². The summed E-state index contributed by atoms with van der Waals surface area (Å²) in [6.07, 6.45) is 3.46. The number of hydrogen-bond donors (Lipinski definition) is 2. The van der Waals surface area contributed by atoms with Crippen LogP contribution in [0.2, 0.25) is 0 Å². The molecular formula is C19H26N4O3. The van der Waals surface area contributed by atoms with Crippen molar-refractivity contribution in [2.24, 2.45) is 4.99 Å². The first-order valence-corrected chi connectivity index (χ1v) is 9.19. The molecule has 0 bridgehead atoms. The maximum atomic E-state index is 11.8. The first-order chi connectivity index (χ1) is 12.7. The van der Waals surface area contributed by atoms with Gasteiger partial charge in [-0.25, -0.2) is 0 Å².